The van der Waals surface area contributed by atoms with Crippen molar-refractivity contribution in [2.75, 3.05) is 13.5 Å². The van der Waals surface area contributed by atoms with Crippen molar-refractivity contribution in [3.8, 4) is 0 Å². The van der Waals surface area contributed by atoms with Gasteiger partial charge >= 0.3 is 5.97 Å². The van der Waals surface area contributed by atoms with E-state index < -0.39 is 12.5 Å². The zero-order valence-electron chi connectivity index (χ0n) is 6.94. The molecule has 0 aromatic carbocycles. The zero-order chi connectivity index (χ0) is 9.78. The average Bonchev–Trinajstić information content (AvgIpc) is 1.84. The first-order chi connectivity index (χ1) is 5.33. The average molecular weight is 210 g/mol. The molecule has 0 aromatic heterocycles. The molecule has 0 heterocycles. The quantitative estimate of drug-likeness (QED) is 0.325. The molecule has 0 fully saturated rings. The maximum Gasteiger partial charge on any atom is 0.335 e. The first-order valence-corrected chi connectivity index (χ1v) is 6.22. The highest BCUT2D eigenvalue weighted by molar-refractivity contribution is 8.09. The predicted molar refractivity (Wildman–Crippen MR) is 49.3 cm³/mol. The monoisotopic (exact) mass is 210 g/mol. The van der Waals surface area contributed by atoms with E-state index in [1.165, 1.54) is 13.6 Å². The van der Waals surface area contributed by atoms with Crippen molar-refractivity contribution in [2.24, 2.45) is 0 Å². The number of hydrogen-bond acceptors (Lipinski definition) is 4. The summed E-state index contributed by atoms with van der Waals surface area (Å²) in [4.78, 5) is 19.7. The lowest BCUT2D eigenvalue weighted by Gasteiger charge is -2.09. The second kappa shape index (κ2) is 4.72. The first kappa shape index (κ1) is 11.8. The van der Waals surface area contributed by atoms with Gasteiger partial charge in [-0.1, -0.05) is 6.58 Å². The molecule has 70 valence electrons. The maximum atomic E-state index is 10.7. The Hall–Kier alpha value is -0.220. The topological polar surface area (TPSA) is 55.8 Å². The van der Waals surface area contributed by atoms with E-state index in [1.54, 1.807) is 0 Å². The Morgan fingerprint density at radius 1 is 1.75 bits per heavy atom. The van der Waals surface area contributed by atoms with Gasteiger partial charge in [0, 0.05) is 12.2 Å². The van der Waals surface area contributed by atoms with E-state index in [0.29, 0.717) is 0 Å². The molecular weight excluding hydrogens is 199 g/mol. The Morgan fingerprint density at radius 3 is 2.58 bits per heavy atom. The standard InChI is InChI=1S/C6H11O4PS/c1-5(2)6(7)9-4-10-11(3,8)12/h1,4H2,2-3H3,(H,8,12). The predicted octanol–water partition coefficient (Wildman–Crippen LogP) is 1.01. The number of esters is 1. The smallest absolute Gasteiger partial charge is 0.335 e. The zero-order valence-corrected chi connectivity index (χ0v) is 8.65. The van der Waals surface area contributed by atoms with Gasteiger partial charge in [-0.2, -0.15) is 0 Å². The van der Waals surface area contributed by atoms with Gasteiger partial charge in [-0.3, -0.25) is 4.52 Å². The van der Waals surface area contributed by atoms with E-state index in [2.05, 4.69) is 27.6 Å². The number of ether oxygens (including phenoxy) is 1. The highest BCUT2D eigenvalue weighted by Gasteiger charge is 2.07. The van der Waals surface area contributed by atoms with Crippen LogP contribution in [0, 0.1) is 0 Å². The SMILES string of the molecule is C=C(C)C(=O)OCOP(C)(O)=S. The summed E-state index contributed by atoms with van der Waals surface area (Å²) in [7, 11) is 0. The summed E-state index contributed by atoms with van der Waals surface area (Å²) in [5.74, 6) is -0.557. The third kappa shape index (κ3) is 6.49. The summed E-state index contributed by atoms with van der Waals surface area (Å²) < 4.78 is 9.17. The molecule has 0 aliphatic heterocycles. The molecule has 0 amide bonds. The Balaban J connectivity index is 3.65. The minimum atomic E-state index is -2.73. The number of hydrogen-bond donors (Lipinski definition) is 1. The Kier molecular flexibility index (Phi) is 4.63. The van der Waals surface area contributed by atoms with E-state index in [4.69, 9.17) is 4.89 Å². The highest BCUT2D eigenvalue weighted by atomic mass is 32.5. The molecule has 6 heteroatoms. The molecule has 0 aromatic rings. The van der Waals surface area contributed by atoms with Crippen LogP contribution in [0.1, 0.15) is 6.92 Å². The third-order valence-electron chi connectivity index (χ3n) is 0.831. The second-order valence-electron chi connectivity index (χ2n) is 2.26. The second-order valence-corrected chi connectivity index (χ2v) is 6.16. The van der Waals surface area contributed by atoms with Gasteiger partial charge in [-0.05, 0) is 18.7 Å². The van der Waals surface area contributed by atoms with Crippen molar-refractivity contribution in [3.05, 3.63) is 12.2 Å². The van der Waals surface area contributed by atoms with Crippen molar-refractivity contribution >= 4 is 24.3 Å². The van der Waals surface area contributed by atoms with Crippen LogP contribution >= 0.6 is 6.49 Å². The molecule has 1 unspecified atom stereocenters. The minimum absolute atomic E-state index is 0.279. The number of rotatable bonds is 4. The molecule has 0 saturated carbocycles. The van der Waals surface area contributed by atoms with Crippen LogP contribution < -0.4 is 0 Å². The van der Waals surface area contributed by atoms with Crippen LogP contribution in [0.15, 0.2) is 12.2 Å². The van der Waals surface area contributed by atoms with Crippen LogP contribution in [0.2, 0.25) is 0 Å². The molecule has 0 bridgehead atoms. The summed E-state index contributed by atoms with van der Waals surface area (Å²) in [5.41, 5.74) is 0.279. The molecule has 0 saturated heterocycles. The van der Waals surface area contributed by atoms with Crippen LogP contribution in [0.4, 0.5) is 0 Å². The largest absolute Gasteiger partial charge is 0.435 e. The van der Waals surface area contributed by atoms with Gasteiger partial charge in [-0.25, -0.2) is 4.79 Å². The van der Waals surface area contributed by atoms with Gasteiger partial charge < -0.3 is 9.63 Å². The number of carbonyl (C=O) groups is 1. The van der Waals surface area contributed by atoms with Gasteiger partial charge in [0.1, 0.15) is 0 Å². The van der Waals surface area contributed by atoms with E-state index in [-0.39, 0.29) is 12.4 Å². The molecule has 0 aliphatic rings. The molecule has 4 nitrogen and oxygen atoms in total. The van der Waals surface area contributed by atoms with Gasteiger partial charge in [0.25, 0.3) is 0 Å². The molecule has 0 aliphatic carbocycles. The van der Waals surface area contributed by atoms with Crippen molar-refractivity contribution in [1.29, 1.82) is 0 Å². The normalized spacial score (nSPS) is 14.9. The van der Waals surface area contributed by atoms with E-state index >= 15 is 0 Å². The lowest BCUT2D eigenvalue weighted by molar-refractivity contribution is -0.145. The lowest BCUT2D eigenvalue weighted by Crippen LogP contribution is -2.07. The van der Waals surface area contributed by atoms with Crippen molar-refractivity contribution in [3.63, 3.8) is 0 Å². The van der Waals surface area contributed by atoms with Crippen LogP contribution in [-0.4, -0.2) is 24.3 Å². The molecular formula is C6H11O4PS. The first-order valence-electron chi connectivity index (χ1n) is 3.10. The van der Waals surface area contributed by atoms with Crippen LogP contribution in [0.3, 0.4) is 0 Å². The Labute approximate surface area is 76.4 Å². The Bertz CT molecular complexity index is 232. The van der Waals surface area contributed by atoms with E-state index in [0.717, 1.165) is 0 Å². The number of carbonyl (C=O) groups excluding carboxylic acids is 1. The van der Waals surface area contributed by atoms with Crippen molar-refractivity contribution in [1.82, 2.24) is 0 Å². The summed E-state index contributed by atoms with van der Waals surface area (Å²) in [5, 5.41) is 0. The van der Waals surface area contributed by atoms with E-state index in [9.17, 15) is 4.79 Å². The fourth-order valence-corrected chi connectivity index (χ4v) is 0.678. The molecule has 12 heavy (non-hydrogen) atoms. The third-order valence-corrected chi connectivity index (χ3v) is 1.73. The minimum Gasteiger partial charge on any atom is -0.435 e. The van der Waals surface area contributed by atoms with Gasteiger partial charge in [0.15, 0.2) is 13.3 Å². The molecule has 1 atom stereocenters. The van der Waals surface area contributed by atoms with Crippen LogP contribution in [-0.2, 0) is 25.9 Å². The van der Waals surface area contributed by atoms with Crippen LogP contribution in [0.5, 0.6) is 0 Å². The van der Waals surface area contributed by atoms with E-state index in [1.807, 2.05) is 0 Å². The molecule has 1 N–H and O–H groups in total. The fourth-order valence-electron chi connectivity index (χ4n) is 0.301. The van der Waals surface area contributed by atoms with Crippen LogP contribution in [0.25, 0.3) is 0 Å². The Morgan fingerprint density at radius 2 is 2.25 bits per heavy atom. The molecule has 0 radical (unpaired) electrons. The van der Waals surface area contributed by atoms with Gasteiger partial charge in [0.2, 0.25) is 0 Å². The summed E-state index contributed by atoms with van der Waals surface area (Å²) in [6, 6.07) is 0. The summed E-state index contributed by atoms with van der Waals surface area (Å²) in [6.45, 7) is 3.20. The van der Waals surface area contributed by atoms with Gasteiger partial charge in [0.05, 0.1) is 0 Å². The summed E-state index contributed by atoms with van der Waals surface area (Å²) >= 11 is 4.53. The molecule has 0 spiro atoms. The van der Waals surface area contributed by atoms with Gasteiger partial charge in [-0.15, -0.1) is 0 Å². The maximum absolute atomic E-state index is 10.7. The van der Waals surface area contributed by atoms with Crippen molar-refractivity contribution < 1.29 is 18.9 Å². The highest BCUT2D eigenvalue weighted by Crippen LogP contribution is 2.36. The molecule has 0 rings (SSSR count). The fraction of sp³-hybridized carbons (Fsp3) is 0.500. The van der Waals surface area contributed by atoms with Crippen molar-refractivity contribution in [2.45, 2.75) is 6.92 Å². The summed E-state index contributed by atoms with van der Waals surface area (Å²) in [6.07, 6.45) is 0. The lowest BCUT2D eigenvalue weighted by atomic mass is 10.4.